The molecule has 40 heavy (non-hydrogen) atoms. The fourth-order valence-corrected chi connectivity index (χ4v) is 7.30. The largest absolute Gasteiger partial charge is 0.477 e. The molecule has 212 valence electrons. The van der Waals surface area contributed by atoms with E-state index in [1.165, 1.54) is 6.20 Å². The van der Waals surface area contributed by atoms with Gasteiger partial charge in [-0.1, -0.05) is 6.07 Å². The van der Waals surface area contributed by atoms with Crippen LogP contribution < -0.4 is 20.3 Å². The van der Waals surface area contributed by atoms with Gasteiger partial charge in [-0.25, -0.2) is 18.7 Å². The van der Waals surface area contributed by atoms with Gasteiger partial charge in [-0.3, -0.25) is 0 Å². The van der Waals surface area contributed by atoms with Crippen molar-refractivity contribution in [2.24, 2.45) is 0 Å². The third kappa shape index (κ3) is 6.55. The number of carboxylic acid groups (broad SMARTS) is 1. The zero-order chi connectivity index (χ0) is 28.5. The van der Waals surface area contributed by atoms with Crippen molar-refractivity contribution in [3.8, 4) is 0 Å². The van der Waals surface area contributed by atoms with Gasteiger partial charge in [0.2, 0.25) is 5.95 Å². The second kappa shape index (κ2) is 11.1. The molecule has 0 amide bonds. The number of nitrogens with one attached hydrogen (secondary N) is 3. The van der Waals surface area contributed by atoms with Gasteiger partial charge >= 0.3 is 5.97 Å². The summed E-state index contributed by atoms with van der Waals surface area (Å²) in [5, 5.41) is 16.1. The molecule has 4 N–H and O–H groups in total. The molecule has 1 atom stereocenters. The quantitative estimate of drug-likeness (QED) is 0.297. The van der Waals surface area contributed by atoms with Gasteiger partial charge in [-0.05, 0) is 83.1 Å². The van der Waals surface area contributed by atoms with Crippen molar-refractivity contribution in [3.63, 3.8) is 0 Å². The molecule has 2 aliphatic rings. The Morgan fingerprint density at radius 3 is 2.30 bits per heavy atom. The third-order valence-corrected chi connectivity index (χ3v) is 9.79. The lowest BCUT2D eigenvalue weighted by Crippen LogP contribution is -2.44. The first-order chi connectivity index (χ1) is 19.0. The van der Waals surface area contributed by atoms with E-state index < -0.39 is 15.7 Å². The lowest BCUT2D eigenvalue weighted by atomic mass is 10.1. The minimum atomic E-state index is -2.58. The highest BCUT2D eigenvalue weighted by Crippen LogP contribution is 2.29. The fraction of sp³-hybridized carbons (Fsp3) is 0.379. The number of carboxylic acids is 1. The number of anilines is 5. The van der Waals surface area contributed by atoms with E-state index in [-0.39, 0.29) is 22.9 Å². The van der Waals surface area contributed by atoms with Crippen LogP contribution in [0.5, 0.6) is 0 Å². The highest BCUT2D eigenvalue weighted by atomic mass is 32.2. The van der Waals surface area contributed by atoms with Gasteiger partial charge in [-0.15, -0.1) is 0 Å². The Morgan fingerprint density at radius 1 is 0.975 bits per heavy atom. The summed E-state index contributed by atoms with van der Waals surface area (Å²) < 4.78 is 17.4. The van der Waals surface area contributed by atoms with Crippen LogP contribution in [0.2, 0.25) is 0 Å². The summed E-state index contributed by atoms with van der Waals surface area (Å²) >= 11 is 0. The van der Waals surface area contributed by atoms with Gasteiger partial charge in [0.05, 0.1) is 9.71 Å². The molecule has 0 spiro atoms. The van der Waals surface area contributed by atoms with E-state index in [1.807, 2.05) is 45.0 Å². The number of likely N-dealkylation sites (N-methyl/N-ethyl adjacent to an activating group) is 1. The van der Waals surface area contributed by atoms with Crippen LogP contribution >= 0.6 is 0 Å². The third-order valence-electron chi connectivity index (χ3n) is 6.75. The topological polar surface area (TPSA) is 123 Å². The number of piperazine rings is 1. The lowest BCUT2D eigenvalue weighted by molar-refractivity contribution is 0.0697. The Kier molecular flexibility index (Phi) is 7.72. The molecule has 2 aromatic carbocycles. The number of hydrogen-bond donors (Lipinski definition) is 4. The van der Waals surface area contributed by atoms with Crippen LogP contribution in [0.4, 0.5) is 28.8 Å². The molecule has 1 aliphatic heterocycles. The van der Waals surface area contributed by atoms with E-state index in [0.29, 0.717) is 10.6 Å². The van der Waals surface area contributed by atoms with Crippen molar-refractivity contribution >= 4 is 49.4 Å². The van der Waals surface area contributed by atoms with Crippen LogP contribution in [0.25, 0.3) is 0 Å². The molecular formula is C29H37N7O3S. The van der Waals surface area contributed by atoms with Gasteiger partial charge in [0.15, 0.2) is 5.82 Å². The number of rotatable bonds is 8. The molecular weight excluding hydrogens is 526 g/mol. The Bertz CT molecular complexity index is 1510. The van der Waals surface area contributed by atoms with E-state index in [2.05, 4.69) is 54.3 Å². The summed E-state index contributed by atoms with van der Waals surface area (Å²) in [6.07, 6.45) is 2.95. The number of nitrogens with zero attached hydrogens (tertiary/aromatic N) is 4. The van der Waals surface area contributed by atoms with E-state index in [1.54, 1.807) is 12.1 Å². The second-order valence-electron chi connectivity index (χ2n) is 11.3. The van der Waals surface area contributed by atoms with Crippen molar-refractivity contribution in [1.82, 2.24) is 19.6 Å². The molecule has 2 heterocycles. The number of aromatic carboxylic acids is 1. The first-order valence-electron chi connectivity index (χ1n) is 13.5. The van der Waals surface area contributed by atoms with Gasteiger partial charge < -0.3 is 25.5 Å². The van der Waals surface area contributed by atoms with Crippen LogP contribution in [0.1, 0.15) is 44.0 Å². The summed E-state index contributed by atoms with van der Waals surface area (Å²) in [4.78, 5) is 27.0. The van der Waals surface area contributed by atoms with Crippen molar-refractivity contribution in [2.75, 3.05) is 48.8 Å². The number of aromatic nitrogens is 2. The predicted octanol–water partition coefficient (Wildman–Crippen LogP) is 4.33. The molecule has 2 fully saturated rings. The highest BCUT2D eigenvalue weighted by Gasteiger charge is 2.29. The van der Waals surface area contributed by atoms with Gasteiger partial charge in [-0.2, -0.15) is 4.98 Å². The molecule has 5 rings (SSSR count). The smallest absolute Gasteiger partial charge is 0.341 e. The van der Waals surface area contributed by atoms with Crippen LogP contribution in [-0.4, -0.2) is 73.8 Å². The van der Waals surface area contributed by atoms with Gasteiger partial charge in [0.1, 0.15) is 5.56 Å². The van der Waals surface area contributed by atoms with E-state index in [0.717, 1.165) is 55.3 Å². The van der Waals surface area contributed by atoms with Crippen LogP contribution in [0.15, 0.2) is 59.6 Å². The summed E-state index contributed by atoms with van der Waals surface area (Å²) in [7, 11) is -0.442. The Labute approximate surface area is 236 Å². The van der Waals surface area contributed by atoms with Crippen molar-refractivity contribution in [1.29, 1.82) is 0 Å². The fourth-order valence-electron chi connectivity index (χ4n) is 4.60. The first-order valence-corrected chi connectivity index (χ1v) is 15.0. The minimum absolute atomic E-state index is 0.0634. The first kappa shape index (κ1) is 27.9. The maximum Gasteiger partial charge on any atom is 0.341 e. The number of hydrogen-bond acceptors (Lipinski definition) is 8. The van der Waals surface area contributed by atoms with Crippen molar-refractivity contribution in [2.45, 2.75) is 44.0 Å². The minimum Gasteiger partial charge on any atom is -0.477 e. The molecule has 10 nitrogen and oxygen atoms in total. The van der Waals surface area contributed by atoms with Gasteiger partial charge in [0.25, 0.3) is 0 Å². The molecule has 1 unspecified atom stereocenters. The van der Waals surface area contributed by atoms with Gasteiger partial charge in [0, 0.05) is 64.7 Å². The number of carbonyl (C=O) groups is 1. The second-order valence-corrected chi connectivity index (χ2v) is 13.7. The molecule has 1 saturated carbocycles. The highest BCUT2D eigenvalue weighted by molar-refractivity contribution is 8.01. The zero-order valence-corrected chi connectivity index (χ0v) is 24.2. The normalized spacial score (nSPS) is 17.3. The zero-order valence-electron chi connectivity index (χ0n) is 23.4. The van der Waals surface area contributed by atoms with E-state index in [4.69, 9.17) is 0 Å². The molecule has 1 saturated heterocycles. The molecule has 11 heteroatoms. The lowest BCUT2D eigenvalue weighted by Gasteiger charge is -2.34. The SMILES string of the molecule is CN1CCN(c2ccc(Nc3ncc(C(=O)O)c(Nc4cccc(S(=O)(NC(C)(C)C)=C5CC5)c4)n3)cc2)CC1. The monoisotopic (exact) mass is 563 g/mol. The predicted molar refractivity (Wildman–Crippen MR) is 162 cm³/mol. The average Bonchev–Trinajstić information content (AvgIpc) is 3.75. The maximum atomic E-state index is 14.0. The number of benzene rings is 2. The summed E-state index contributed by atoms with van der Waals surface area (Å²) in [5.41, 5.74) is 2.13. The summed E-state index contributed by atoms with van der Waals surface area (Å²) in [6.45, 7) is 10.0. The van der Waals surface area contributed by atoms with Crippen LogP contribution in [-0.2, 0) is 9.71 Å². The van der Waals surface area contributed by atoms with Crippen LogP contribution in [0.3, 0.4) is 0 Å². The molecule has 1 aromatic heterocycles. The van der Waals surface area contributed by atoms with Crippen molar-refractivity contribution in [3.05, 3.63) is 60.3 Å². The maximum absolute atomic E-state index is 14.0. The van der Waals surface area contributed by atoms with Crippen molar-refractivity contribution < 1.29 is 14.1 Å². The summed E-state index contributed by atoms with van der Waals surface area (Å²) in [5.74, 6) is -0.734. The van der Waals surface area contributed by atoms with Crippen LogP contribution in [0, 0.1) is 0 Å². The molecule has 1 aliphatic carbocycles. The standard InChI is InChI=1S/C29H37N7O3S/c1-29(2,3)34-40(39,23-12-13-23)24-7-5-6-21(18-24)31-26-25(27(37)38)19-30-28(33-26)32-20-8-10-22(11-9-20)36-16-14-35(4)15-17-36/h5-11,18-19H,12-17H2,1-4H3,(H,34,39)(H,37,38)(H2,30,31,32,33). The average molecular weight is 564 g/mol. The Balaban J connectivity index is 1.37. The Hall–Kier alpha value is -3.67. The molecule has 3 aromatic rings. The molecule has 0 radical (unpaired) electrons. The molecule has 0 bridgehead atoms. The Morgan fingerprint density at radius 2 is 1.68 bits per heavy atom. The van der Waals surface area contributed by atoms with E-state index >= 15 is 0 Å². The summed E-state index contributed by atoms with van der Waals surface area (Å²) in [6, 6.07) is 15.3. The van der Waals surface area contributed by atoms with E-state index in [9.17, 15) is 14.1 Å².